The van der Waals surface area contributed by atoms with Crippen LogP contribution in [0.1, 0.15) is 27.8 Å². The number of nitrogens with zero attached hydrogens (tertiary/aromatic N) is 2. The quantitative estimate of drug-likeness (QED) is 0.393. The van der Waals surface area contributed by atoms with Crippen molar-refractivity contribution < 1.29 is 24.1 Å². The first-order valence-corrected chi connectivity index (χ1v) is 11.8. The van der Waals surface area contributed by atoms with Crippen LogP contribution in [0.25, 0.3) is 16.6 Å². The first kappa shape index (κ1) is 23.0. The van der Waals surface area contributed by atoms with Gasteiger partial charge in [0.25, 0.3) is 5.79 Å². The standard InChI is InChI=1S/C27H24N2O5S/c1-15-5-8-19(11-16(15)2)27(31)20(12-17-6-10-23(32-3)24(13-17)33-4)25(26(30)34-27)18-7-9-21-22(14-18)29-35-28-21/h5-11,13-14,31H,12H2,1-4H3. The highest BCUT2D eigenvalue weighted by Gasteiger charge is 2.48. The number of benzene rings is 3. The van der Waals surface area contributed by atoms with Crippen LogP contribution in [0.2, 0.25) is 0 Å². The molecular formula is C27H24N2O5S. The second-order valence-electron chi connectivity index (χ2n) is 8.52. The largest absolute Gasteiger partial charge is 0.493 e. The Kier molecular flexibility index (Phi) is 5.78. The fourth-order valence-corrected chi connectivity index (χ4v) is 4.87. The molecule has 0 saturated carbocycles. The highest BCUT2D eigenvalue weighted by atomic mass is 32.1. The van der Waals surface area contributed by atoms with Gasteiger partial charge < -0.3 is 19.3 Å². The van der Waals surface area contributed by atoms with Crippen LogP contribution in [0.4, 0.5) is 0 Å². The van der Waals surface area contributed by atoms with E-state index < -0.39 is 11.8 Å². The zero-order valence-electron chi connectivity index (χ0n) is 19.8. The Bertz CT molecular complexity index is 1490. The van der Waals surface area contributed by atoms with Gasteiger partial charge in [-0.05, 0) is 66.4 Å². The predicted molar refractivity (Wildman–Crippen MR) is 133 cm³/mol. The van der Waals surface area contributed by atoms with Gasteiger partial charge in [0, 0.05) is 17.6 Å². The summed E-state index contributed by atoms with van der Waals surface area (Å²) in [7, 11) is 3.14. The topological polar surface area (TPSA) is 90.8 Å². The Labute approximate surface area is 206 Å². The molecule has 1 aromatic heterocycles. The van der Waals surface area contributed by atoms with E-state index in [1.165, 1.54) is 0 Å². The van der Waals surface area contributed by atoms with Crippen LogP contribution in [0.5, 0.6) is 11.5 Å². The summed E-state index contributed by atoms with van der Waals surface area (Å²) in [5, 5.41) is 11.9. The predicted octanol–water partition coefficient (Wildman–Crippen LogP) is 4.72. The van der Waals surface area contributed by atoms with Crippen molar-refractivity contribution in [1.82, 2.24) is 8.75 Å². The highest BCUT2D eigenvalue weighted by Crippen LogP contribution is 2.45. The molecule has 178 valence electrons. The number of aromatic nitrogens is 2. The average Bonchev–Trinajstić information content (AvgIpc) is 3.42. The molecule has 1 N–H and O–H groups in total. The van der Waals surface area contributed by atoms with Crippen LogP contribution >= 0.6 is 11.7 Å². The van der Waals surface area contributed by atoms with Crippen LogP contribution in [0.3, 0.4) is 0 Å². The van der Waals surface area contributed by atoms with Crippen molar-refractivity contribution in [3.05, 3.63) is 88.0 Å². The van der Waals surface area contributed by atoms with Crippen molar-refractivity contribution in [1.29, 1.82) is 0 Å². The van der Waals surface area contributed by atoms with Crippen molar-refractivity contribution in [2.75, 3.05) is 14.2 Å². The fourth-order valence-electron chi connectivity index (χ4n) is 4.36. The van der Waals surface area contributed by atoms with Gasteiger partial charge in [0.05, 0.1) is 31.5 Å². The maximum absolute atomic E-state index is 13.3. The minimum atomic E-state index is -1.92. The van der Waals surface area contributed by atoms with Gasteiger partial charge >= 0.3 is 5.97 Å². The lowest BCUT2D eigenvalue weighted by Crippen LogP contribution is -2.30. The number of cyclic esters (lactones) is 1. The van der Waals surface area contributed by atoms with Crippen molar-refractivity contribution in [3.8, 4) is 11.5 Å². The molecule has 1 unspecified atom stereocenters. The summed E-state index contributed by atoms with van der Waals surface area (Å²) in [6.45, 7) is 3.95. The van der Waals surface area contributed by atoms with Crippen molar-refractivity contribution in [2.24, 2.45) is 0 Å². The van der Waals surface area contributed by atoms with E-state index >= 15 is 0 Å². The van der Waals surface area contributed by atoms with Gasteiger partial charge in [-0.3, -0.25) is 0 Å². The molecule has 35 heavy (non-hydrogen) atoms. The molecule has 0 radical (unpaired) electrons. The Morgan fingerprint density at radius 1 is 0.914 bits per heavy atom. The van der Waals surface area contributed by atoms with E-state index in [1.54, 1.807) is 38.5 Å². The maximum atomic E-state index is 13.3. The molecular weight excluding hydrogens is 464 g/mol. The molecule has 0 spiro atoms. The number of aryl methyl sites for hydroxylation is 2. The summed E-state index contributed by atoms with van der Waals surface area (Å²) in [4.78, 5) is 13.3. The first-order chi connectivity index (χ1) is 16.8. The summed E-state index contributed by atoms with van der Waals surface area (Å²) in [6.07, 6.45) is 0.248. The third-order valence-corrected chi connectivity index (χ3v) is 6.98. The lowest BCUT2D eigenvalue weighted by molar-refractivity contribution is -0.185. The van der Waals surface area contributed by atoms with Crippen molar-refractivity contribution >= 4 is 34.3 Å². The van der Waals surface area contributed by atoms with Crippen LogP contribution < -0.4 is 9.47 Å². The molecule has 0 saturated heterocycles. The molecule has 0 fully saturated rings. The molecule has 5 rings (SSSR count). The smallest absolute Gasteiger partial charge is 0.342 e. The van der Waals surface area contributed by atoms with Crippen LogP contribution in [-0.4, -0.2) is 34.0 Å². The molecule has 1 aliphatic rings. The fraction of sp³-hybridized carbons (Fsp3) is 0.222. The minimum absolute atomic E-state index is 0.248. The summed E-state index contributed by atoms with van der Waals surface area (Å²) in [5.41, 5.74) is 6.19. The van der Waals surface area contributed by atoms with Gasteiger partial charge in [-0.15, -0.1) is 0 Å². The molecule has 0 bridgehead atoms. The third kappa shape index (κ3) is 3.94. The van der Waals surface area contributed by atoms with Gasteiger partial charge in [0.1, 0.15) is 11.0 Å². The minimum Gasteiger partial charge on any atom is -0.493 e. The number of carbonyl (C=O) groups is 1. The van der Waals surface area contributed by atoms with E-state index in [0.29, 0.717) is 39.3 Å². The van der Waals surface area contributed by atoms with E-state index in [2.05, 4.69) is 8.75 Å². The number of hydrogen-bond donors (Lipinski definition) is 1. The van der Waals surface area contributed by atoms with Gasteiger partial charge in [-0.1, -0.05) is 24.3 Å². The monoisotopic (exact) mass is 488 g/mol. The summed E-state index contributed by atoms with van der Waals surface area (Å²) in [6, 6.07) is 16.5. The van der Waals surface area contributed by atoms with E-state index in [1.807, 2.05) is 44.2 Å². The second-order valence-corrected chi connectivity index (χ2v) is 9.05. The molecule has 0 amide bonds. The Balaban J connectivity index is 1.70. The van der Waals surface area contributed by atoms with Crippen LogP contribution in [0, 0.1) is 13.8 Å². The van der Waals surface area contributed by atoms with Crippen LogP contribution in [-0.2, 0) is 21.7 Å². The SMILES string of the molecule is COc1ccc(CC2=C(c3ccc4nsnc4c3)C(=O)OC2(O)c2ccc(C)c(C)c2)cc1OC. The number of carbonyl (C=O) groups excluding carboxylic acids is 1. The molecule has 7 nitrogen and oxygen atoms in total. The van der Waals surface area contributed by atoms with Gasteiger partial charge in [0.15, 0.2) is 11.5 Å². The zero-order chi connectivity index (χ0) is 24.7. The van der Waals surface area contributed by atoms with Crippen molar-refractivity contribution in [3.63, 3.8) is 0 Å². The van der Waals surface area contributed by atoms with E-state index in [4.69, 9.17) is 14.2 Å². The number of methoxy groups -OCH3 is 2. The number of esters is 1. The number of ether oxygens (including phenoxy) is 3. The Morgan fingerprint density at radius 2 is 1.69 bits per heavy atom. The number of aliphatic hydroxyl groups is 1. The van der Waals surface area contributed by atoms with Gasteiger partial charge in [-0.2, -0.15) is 8.75 Å². The lowest BCUT2D eigenvalue weighted by Gasteiger charge is -2.26. The summed E-state index contributed by atoms with van der Waals surface area (Å²) >= 11 is 1.11. The normalized spacial score (nSPS) is 17.7. The average molecular weight is 489 g/mol. The molecule has 1 aliphatic heterocycles. The molecule has 8 heteroatoms. The van der Waals surface area contributed by atoms with E-state index in [0.717, 1.165) is 33.9 Å². The molecule has 1 atom stereocenters. The zero-order valence-corrected chi connectivity index (χ0v) is 20.6. The van der Waals surface area contributed by atoms with E-state index in [9.17, 15) is 9.90 Å². The first-order valence-electron chi connectivity index (χ1n) is 11.0. The van der Waals surface area contributed by atoms with Crippen LogP contribution in [0.15, 0.2) is 60.2 Å². The highest BCUT2D eigenvalue weighted by molar-refractivity contribution is 7.00. The summed E-state index contributed by atoms with van der Waals surface area (Å²) in [5.74, 6) is -1.37. The molecule has 4 aromatic rings. The maximum Gasteiger partial charge on any atom is 0.342 e. The summed E-state index contributed by atoms with van der Waals surface area (Å²) < 4.78 is 25.1. The Morgan fingerprint density at radius 3 is 2.43 bits per heavy atom. The van der Waals surface area contributed by atoms with Gasteiger partial charge in [-0.25, -0.2) is 4.79 Å². The Hall–Kier alpha value is -3.75. The molecule has 0 aliphatic carbocycles. The van der Waals surface area contributed by atoms with Crippen molar-refractivity contribution in [2.45, 2.75) is 26.1 Å². The number of hydrogen-bond acceptors (Lipinski definition) is 8. The number of fused-ring (bicyclic) bond motifs is 1. The number of rotatable bonds is 6. The molecule has 3 aromatic carbocycles. The van der Waals surface area contributed by atoms with Gasteiger partial charge in [0.2, 0.25) is 0 Å². The molecule has 2 heterocycles. The van der Waals surface area contributed by atoms with E-state index in [-0.39, 0.29) is 6.42 Å². The lowest BCUT2D eigenvalue weighted by atomic mass is 9.87. The third-order valence-electron chi connectivity index (χ3n) is 6.42. The second kappa shape index (κ2) is 8.79.